The van der Waals surface area contributed by atoms with Gasteiger partial charge in [-0.1, -0.05) is 0 Å². The Bertz CT molecular complexity index is 550. The van der Waals surface area contributed by atoms with Crippen LogP contribution in [0.1, 0.15) is 0 Å². The van der Waals surface area contributed by atoms with Crippen LogP contribution in [-0.2, 0) is 0 Å². The molecule has 0 saturated carbocycles. The molecule has 0 unspecified atom stereocenters. The molecule has 1 aromatic heterocycles. The van der Waals surface area contributed by atoms with Gasteiger partial charge in [-0.15, -0.1) is 0 Å². The molecule has 0 spiro atoms. The van der Waals surface area contributed by atoms with Crippen molar-refractivity contribution in [1.29, 1.82) is 0 Å². The summed E-state index contributed by atoms with van der Waals surface area (Å²) in [7, 11) is 0. The van der Waals surface area contributed by atoms with Crippen LogP contribution in [0.2, 0.25) is 0 Å². The molecular formula is C11H7AsFNO. The number of benzene rings is 1. The summed E-state index contributed by atoms with van der Waals surface area (Å²) in [6.45, 7) is 0. The molecule has 2 aromatic rings. The van der Waals surface area contributed by atoms with Crippen molar-refractivity contribution in [2.45, 2.75) is 0 Å². The fraction of sp³-hybridized carbons (Fsp3) is 0. The summed E-state index contributed by atoms with van der Waals surface area (Å²) in [5, 5.41) is 0. The summed E-state index contributed by atoms with van der Waals surface area (Å²) in [6.07, 6.45) is 1.61. The predicted molar refractivity (Wildman–Crippen MR) is 57.4 cm³/mol. The Morgan fingerprint density at radius 1 is 1.20 bits per heavy atom. The number of hydrogen-bond acceptors (Lipinski definition) is 1. The quantitative estimate of drug-likeness (QED) is 0.696. The van der Waals surface area contributed by atoms with Crippen molar-refractivity contribution in [3.05, 3.63) is 58.8 Å². The van der Waals surface area contributed by atoms with Gasteiger partial charge >= 0.3 is 94.6 Å². The molecule has 0 saturated heterocycles. The van der Waals surface area contributed by atoms with E-state index in [2.05, 4.69) is 16.9 Å². The van der Waals surface area contributed by atoms with Gasteiger partial charge in [0, 0.05) is 0 Å². The molecule has 0 N–H and O–H groups in total. The molecule has 0 bridgehead atoms. The summed E-state index contributed by atoms with van der Waals surface area (Å²) < 4.78 is 15.2. The van der Waals surface area contributed by atoms with E-state index in [9.17, 15) is 9.18 Å². The van der Waals surface area contributed by atoms with E-state index in [0.29, 0.717) is 10.0 Å². The van der Waals surface area contributed by atoms with Gasteiger partial charge < -0.3 is 0 Å². The van der Waals surface area contributed by atoms with E-state index < -0.39 is 0 Å². The van der Waals surface area contributed by atoms with Crippen molar-refractivity contribution in [3.8, 4) is 5.69 Å². The number of rotatable bonds is 1. The molecule has 1 heterocycles. The number of pyridine rings is 1. The predicted octanol–water partition coefficient (Wildman–Crippen LogP) is 0.770. The third-order valence-corrected chi connectivity index (χ3v) is 2.79. The van der Waals surface area contributed by atoms with Gasteiger partial charge in [-0.05, 0) is 0 Å². The first-order chi connectivity index (χ1) is 7.18. The summed E-state index contributed by atoms with van der Waals surface area (Å²) in [5.41, 5.74) is 0.364. The van der Waals surface area contributed by atoms with Crippen LogP contribution in [0.5, 0.6) is 0 Å². The number of aromatic nitrogens is 1. The standard InChI is InChI=1S/C11H7AsFNO/c12-9-5-4-8(7-10(9)13)14-6-2-1-3-11(14)15/h1-7H. The second kappa shape index (κ2) is 4.03. The molecule has 0 fully saturated rings. The molecule has 0 aliphatic heterocycles. The third kappa shape index (κ3) is 2.02. The zero-order chi connectivity index (χ0) is 10.8. The van der Waals surface area contributed by atoms with Gasteiger partial charge in [-0.25, -0.2) is 0 Å². The van der Waals surface area contributed by atoms with Crippen LogP contribution in [-0.4, -0.2) is 21.4 Å². The molecular weight excluding hydrogens is 256 g/mol. The molecule has 0 aliphatic carbocycles. The minimum absolute atomic E-state index is 0.171. The maximum atomic E-state index is 13.3. The van der Waals surface area contributed by atoms with Gasteiger partial charge in [0.05, 0.1) is 0 Å². The Morgan fingerprint density at radius 3 is 2.67 bits per heavy atom. The molecule has 15 heavy (non-hydrogen) atoms. The summed E-state index contributed by atoms with van der Waals surface area (Å²) >= 11 is 2.14. The number of nitrogens with zero attached hydrogens (tertiary/aromatic N) is 1. The van der Waals surface area contributed by atoms with Gasteiger partial charge in [0.25, 0.3) is 0 Å². The Balaban J connectivity index is 2.60. The van der Waals surface area contributed by atoms with E-state index in [1.807, 2.05) is 0 Å². The average molecular weight is 263 g/mol. The van der Waals surface area contributed by atoms with Crippen molar-refractivity contribution >= 4 is 21.2 Å². The van der Waals surface area contributed by atoms with Crippen LogP contribution in [0.15, 0.2) is 47.4 Å². The normalized spacial score (nSPS) is 10.3. The molecule has 0 amide bonds. The van der Waals surface area contributed by atoms with E-state index >= 15 is 0 Å². The van der Waals surface area contributed by atoms with E-state index in [1.165, 1.54) is 16.7 Å². The molecule has 2 nitrogen and oxygen atoms in total. The van der Waals surface area contributed by atoms with Crippen molar-refractivity contribution in [1.82, 2.24) is 4.57 Å². The molecule has 2 radical (unpaired) electrons. The molecule has 1 aromatic carbocycles. The van der Waals surface area contributed by atoms with Crippen LogP contribution < -0.4 is 9.91 Å². The summed E-state index contributed by atoms with van der Waals surface area (Å²) in [6, 6.07) is 9.50. The maximum absolute atomic E-state index is 13.3. The van der Waals surface area contributed by atoms with Crippen LogP contribution in [0, 0.1) is 5.82 Å². The van der Waals surface area contributed by atoms with Crippen LogP contribution in [0.3, 0.4) is 0 Å². The van der Waals surface area contributed by atoms with E-state index in [4.69, 9.17) is 0 Å². The van der Waals surface area contributed by atoms with Crippen LogP contribution in [0.25, 0.3) is 5.69 Å². The first-order valence-corrected chi connectivity index (χ1v) is 5.29. The van der Waals surface area contributed by atoms with E-state index in [-0.39, 0.29) is 11.4 Å². The zero-order valence-corrected chi connectivity index (χ0v) is 9.60. The molecule has 0 atom stereocenters. The molecule has 4 heteroatoms. The zero-order valence-electron chi connectivity index (χ0n) is 7.72. The topological polar surface area (TPSA) is 22.0 Å². The summed E-state index contributed by atoms with van der Waals surface area (Å²) in [5.74, 6) is -0.330. The number of halogens is 1. The van der Waals surface area contributed by atoms with Crippen molar-refractivity contribution in [3.63, 3.8) is 0 Å². The van der Waals surface area contributed by atoms with Gasteiger partial charge in [0.2, 0.25) is 0 Å². The fourth-order valence-electron chi connectivity index (χ4n) is 1.29. The van der Waals surface area contributed by atoms with Gasteiger partial charge in [-0.3, -0.25) is 0 Å². The Kier molecular flexibility index (Phi) is 2.74. The van der Waals surface area contributed by atoms with Crippen LogP contribution in [0.4, 0.5) is 4.39 Å². The van der Waals surface area contributed by atoms with Crippen molar-refractivity contribution in [2.24, 2.45) is 0 Å². The third-order valence-electron chi connectivity index (χ3n) is 2.03. The molecule has 74 valence electrons. The second-order valence-corrected chi connectivity index (χ2v) is 4.06. The summed E-state index contributed by atoms with van der Waals surface area (Å²) in [4.78, 5) is 11.5. The SMILES string of the molecule is O=c1ccccn1-c1ccc([As])c(F)c1. The Hall–Kier alpha value is -1.34. The minimum atomic E-state index is -0.330. The second-order valence-electron chi connectivity index (χ2n) is 3.04. The molecule has 2 rings (SSSR count). The average Bonchev–Trinajstić information content (AvgIpc) is 2.23. The molecule has 0 aliphatic rings. The van der Waals surface area contributed by atoms with Crippen LogP contribution >= 0.6 is 0 Å². The van der Waals surface area contributed by atoms with Crippen molar-refractivity contribution in [2.75, 3.05) is 0 Å². The first-order valence-electron chi connectivity index (χ1n) is 4.35. The van der Waals surface area contributed by atoms with Crippen molar-refractivity contribution < 1.29 is 4.39 Å². The first kappa shape index (κ1) is 10.2. The number of hydrogen-bond donors (Lipinski definition) is 0. The Labute approximate surface area is 94.9 Å². The Morgan fingerprint density at radius 2 is 2.00 bits per heavy atom. The van der Waals surface area contributed by atoms with Gasteiger partial charge in [-0.2, -0.15) is 0 Å². The van der Waals surface area contributed by atoms with E-state index in [0.717, 1.165) is 0 Å². The monoisotopic (exact) mass is 263 g/mol. The van der Waals surface area contributed by atoms with Gasteiger partial charge in [0.1, 0.15) is 0 Å². The van der Waals surface area contributed by atoms with E-state index in [1.54, 1.807) is 30.5 Å². The van der Waals surface area contributed by atoms with Gasteiger partial charge in [0.15, 0.2) is 0 Å². The fourth-order valence-corrected chi connectivity index (χ4v) is 1.58.